The molecule has 4 nitrogen and oxygen atoms in total. The first-order chi connectivity index (χ1) is 9.97. The lowest BCUT2D eigenvalue weighted by atomic mass is 10.0. The van der Waals surface area contributed by atoms with Crippen LogP contribution in [0.3, 0.4) is 0 Å². The fourth-order valence-electron chi connectivity index (χ4n) is 2.16. The van der Waals surface area contributed by atoms with Crippen LogP contribution in [0.15, 0.2) is 24.3 Å². The van der Waals surface area contributed by atoms with Crippen LogP contribution in [0, 0.1) is 0 Å². The molecule has 0 aliphatic carbocycles. The first-order valence-corrected chi connectivity index (χ1v) is 7.54. The fourth-order valence-corrected chi connectivity index (χ4v) is 2.16. The highest BCUT2D eigenvalue weighted by atomic mass is 16.2. The summed E-state index contributed by atoms with van der Waals surface area (Å²) in [4.78, 5) is 25.7. The topological polar surface area (TPSA) is 49.4 Å². The number of amides is 1. The summed E-state index contributed by atoms with van der Waals surface area (Å²) >= 11 is 0. The van der Waals surface area contributed by atoms with E-state index in [0.717, 1.165) is 13.0 Å². The Morgan fingerprint density at radius 1 is 1.14 bits per heavy atom. The minimum absolute atomic E-state index is 0.0580. The summed E-state index contributed by atoms with van der Waals surface area (Å²) in [6.07, 6.45) is 0.913. The number of Topliss-reactive ketones (excluding diaryl/α,β-unsaturated/α-hetero) is 1. The van der Waals surface area contributed by atoms with Crippen molar-refractivity contribution in [1.82, 2.24) is 10.2 Å². The standard InChI is InChI=1S/C17H26N2O2/c1-5-10-19(12-17(21)18-4)11-16(20)15-8-6-14(7-9-15)13(2)3/h6-9,13H,5,10-12H2,1-4H3,(H,18,21). The Morgan fingerprint density at radius 2 is 1.76 bits per heavy atom. The summed E-state index contributed by atoms with van der Waals surface area (Å²) < 4.78 is 0. The van der Waals surface area contributed by atoms with Gasteiger partial charge in [-0.15, -0.1) is 0 Å². The van der Waals surface area contributed by atoms with E-state index in [9.17, 15) is 9.59 Å². The molecule has 0 bridgehead atoms. The van der Waals surface area contributed by atoms with Crippen molar-refractivity contribution < 1.29 is 9.59 Å². The molecular formula is C17H26N2O2. The second kappa shape index (κ2) is 8.57. The highest BCUT2D eigenvalue weighted by molar-refractivity contribution is 5.97. The van der Waals surface area contributed by atoms with Crippen molar-refractivity contribution in [2.75, 3.05) is 26.7 Å². The van der Waals surface area contributed by atoms with Gasteiger partial charge >= 0.3 is 0 Å². The molecule has 4 heteroatoms. The van der Waals surface area contributed by atoms with Crippen LogP contribution in [0.5, 0.6) is 0 Å². The van der Waals surface area contributed by atoms with Crippen LogP contribution in [-0.4, -0.2) is 43.3 Å². The maximum atomic E-state index is 12.3. The molecule has 0 saturated heterocycles. The van der Waals surface area contributed by atoms with Gasteiger partial charge in [-0.1, -0.05) is 45.0 Å². The Kier molecular flexibility index (Phi) is 7.09. The molecule has 0 aliphatic heterocycles. The molecule has 0 atom stereocenters. The van der Waals surface area contributed by atoms with Crippen LogP contribution in [-0.2, 0) is 4.79 Å². The number of nitrogens with one attached hydrogen (secondary N) is 1. The first kappa shape index (κ1) is 17.4. The number of hydrogen-bond acceptors (Lipinski definition) is 3. The van der Waals surface area contributed by atoms with Crippen LogP contribution in [0.4, 0.5) is 0 Å². The van der Waals surface area contributed by atoms with Gasteiger partial charge in [-0.2, -0.15) is 0 Å². The predicted octanol–water partition coefficient (Wildman–Crippen LogP) is 2.45. The van der Waals surface area contributed by atoms with Gasteiger partial charge in [0.05, 0.1) is 13.1 Å². The van der Waals surface area contributed by atoms with Crippen LogP contribution >= 0.6 is 0 Å². The van der Waals surface area contributed by atoms with Gasteiger partial charge in [-0.3, -0.25) is 14.5 Å². The molecule has 1 rings (SSSR count). The van der Waals surface area contributed by atoms with E-state index in [0.29, 0.717) is 11.5 Å². The molecule has 1 amide bonds. The maximum Gasteiger partial charge on any atom is 0.233 e. The lowest BCUT2D eigenvalue weighted by molar-refractivity contribution is -0.121. The predicted molar refractivity (Wildman–Crippen MR) is 85.7 cm³/mol. The number of ketones is 1. The molecule has 0 saturated carbocycles. The summed E-state index contributed by atoms with van der Waals surface area (Å²) in [5.74, 6) is 0.452. The van der Waals surface area contributed by atoms with Crippen molar-refractivity contribution in [3.63, 3.8) is 0 Å². The Hall–Kier alpha value is -1.68. The zero-order valence-corrected chi connectivity index (χ0v) is 13.5. The largest absolute Gasteiger partial charge is 0.358 e. The molecule has 0 aromatic heterocycles. The van der Waals surface area contributed by atoms with Gasteiger partial charge in [-0.25, -0.2) is 0 Å². The van der Waals surface area contributed by atoms with Gasteiger partial charge in [0.1, 0.15) is 0 Å². The van der Waals surface area contributed by atoms with Crippen molar-refractivity contribution in [2.24, 2.45) is 0 Å². The highest BCUT2D eigenvalue weighted by Gasteiger charge is 2.14. The van der Waals surface area contributed by atoms with Crippen molar-refractivity contribution in [3.05, 3.63) is 35.4 Å². The van der Waals surface area contributed by atoms with Crippen LogP contribution in [0.25, 0.3) is 0 Å². The molecule has 0 fully saturated rings. The third-order valence-electron chi connectivity index (χ3n) is 3.45. The molecule has 1 N–H and O–H groups in total. The Labute approximate surface area is 127 Å². The van der Waals surface area contributed by atoms with E-state index < -0.39 is 0 Å². The third kappa shape index (κ3) is 5.68. The number of benzene rings is 1. The fraction of sp³-hybridized carbons (Fsp3) is 0.529. The molecule has 116 valence electrons. The number of carbonyl (C=O) groups excluding carboxylic acids is 2. The minimum Gasteiger partial charge on any atom is -0.358 e. The van der Waals surface area contributed by atoms with Crippen molar-refractivity contribution in [2.45, 2.75) is 33.1 Å². The third-order valence-corrected chi connectivity index (χ3v) is 3.45. The average Bonchev–Trinajstić information content (AvgIpc) is 2.47. The van der Waals surface area contributed by atoms with Gasteiger partial charge in [-0.05, 0) is 24.4 Å². The normalized spacial score (nSPS) is 11.0. The molecule has 0 unspecified atom stereocenters. The SMILES string of the molecule is CCCN(CC(=O)NC)CC(=O)c1ccc(C(C)C)cc1. The first-order valence-electron chi connectivity index (χ1n) is 7.54. The van der Waals surface area contributed by atoms with Gasteiger partial charge in [0.2, 0.25) is 5.91 Å². The molecule has 0 radical (unpaired) electrons. The van der Waals surface area contributed by atoms with E-state index in [1.54, 1.807) is 7.05 Å². The number of nitrogens with zero attached hydrogens (tertiary/aromatic N) is 1. The lowest BCUT2D eigenvalue weighted by Crippen LogP contribution is -2.39. The summed E-state index contributed by atoms with van der Waals surface area (Å²) in [7, 11) is 1.61. The van der Waals surface area contributed by atoms with E-state index in [-0.39, 0.29) is 24.8 Å². The van der Waals surface area contributed by atoms with Gasteiger partial charge in [0.15, 0.2) is 5.78 Å². The maximum absolute atomic E-state index is 12.3. The summed E-state index contributed by atoms with van der Waals surface area (Å²) in [5.41, 5.74) is 1.93. The van der Waals surface area contributed by atoms with Crippen LogP contribution in [0.1, 0.15) is 49.0 Å². The van der Waals surface area contributed by atoms with Crippen molar-refractivity contribution >= 4 is 11.7 Å². The van der Waals surface area contributed by atoms with E-state index in [1.165, 1.54) is 5.56 Å². The number of carbonyl (C=O) groups is 2. The van der Waals surface area contributed by atoms with E-state index in [2.05, 4.69) is 19.2 Å². The highest BCUT2D eigenvalue weighted by Crippen LogP contribution is 2.15. The Morgan fingerprint density at radius 3 is 2.24 bits per heavy atom. The number of hydrogen-bond donors (Lipinski definition) is 1. The van der Waals surface area contributed by atoms with E-state index >= 15 is 0 Å². The molecule has 0 spiro atoms. The molecule has 1 aromatic rings. The molecule has 0 heterocycles. The number of rotatable bonds is 8. The van der Waals surface area contributed by atoms with E-state index in [1.807, 2.05) is 36.1 Å². The van der Waals surface area contributed by atoms with Crippen LogP contribution in [0.2, 0.25) is 0 Å². The zero-order valence-electron chi connectivity index (χ0n) is 13.5. The summed E-state index contributed by atoms with van der Waals surface area (Å²) in [6, 6.07) is 7.75. The molecule has 21 heavy (non-hydrogen) atoms. The van der Waals surface area contributed by atoms with Gasteiger partial charge in [0, 0.05) is 12.6 Å². The van der Waals surface area contributed by atoms with Crippen molar-refractivity contribution in [3.8, 4) is 0 Å². The molecule has 0 aliphatic rings. The quantitative estimate of drug-likeness (QED) is 0.748. The second-order valence-electron chi connectivity index (χ2n) is 5.58. The monoisotopic (exact) mass is 290 g/mol. The smallest absolute Gasteiger partial charge is 0.233 e. The lowest BCUT2D eigenvalue weighted by Gasteiger charge is -2.19. The summed E-state index contributed by atoms with van der Waals surface area (Å²) in [6.45, 7) is 7.58. The molecule has 1 aromatic carbocycles. The van der Waals surface area contributed by atoms with Crippen LogP contribution < -0.4 is 5.32 Å². The summed E-state index contributed by atoms with van der Waals surface area (Å²) in [5, 5.41) is 2.59. The van der Waals surface area contributed by atoms with E-state index in [4.69, 9.17) is 0 Å². The Balaban J connectivity index is 2.69. The van der Waals surface area contributed by atoms with Crippen molar-refractivity contribution in [1.29, 1.82) is 0 Å². The zero-order chi connectivity index (χ0) is 15.8. The Bertz CT molecular complexity index is 466. The number of likely N-dealkylation sites (N-methyl/N-ethyl adjacent to an activating group) is 1. The average molecular weight is 290 g/mol. The van der Waals surface area contributed by atoms with Gasteiger partial charge in [0.25, 0.3) is 0 Å². The minimum atomic E-state index is -0.0635. The second-order valence-corrected chi connectivity index (χ2v) is 5.58. The molecular weight excluding hydrogens is 264 g/mol. The van der Waals surface area contributed by atoms with Gasteiger partial charge < -0.3 is 5.32 Å².